The maximum absolute atomic E-state index is 12.2. The molecule has 106 valence electrons. The highest BCUT2D eigenvalue weighted by Crippen LogP contribution is 2.26. The van der Waals surface area contributed by atoms with Crippen LogP contribution in [-0.2, 0) is 11.8 Å². The fourth-order valence-electron chi connectivity index (χ4n) is 2.66. The summed E-state index contributed by atoms with van der Waals surface area (Å²) in [5.74, 6) is -0.447. The van der Waals surface area contributed by atoms with E-state index in [2.05, 4.69) is 15.6 Å². The van der Waals surface area contributed by atoms with Gasteiger partial charge in [0.25, 0.3) is 11.8 Å². The molecule has 1 spiro atoms. The Morgan fingerprint density at radius 3 is 2.55 bits per heavy atom. The molecule has 0 bridgehead atoms. The van der Waals surface area contributed by atoms with Crippen molar-refractivity contribution in [2.75, 3.05) is 13.1 Å². The molecule has 2 aliphatic heterocycles. The van der Waals surface area contributed by atoms with E-state index in [1.807, 2.05) is 0 Å². The lowest BCUT2D eigenvalue weighted by Gasteiger charge is -2.36. The van der Waals surface area contributed by atoms with Crippen LogP contribution in [0.5, 0.6) is 0 Å². The van der Waals surface area contributed by atoms with Gasteiger partial charge in [0.05, 0.1) is 6.33 Å². The van der Waals surface area contributed by atoms with Gasteiger partial charge in [0.1, 0.15) is 11.2 Å². The van der Waals surface area contributed by atoms with Crippen molar-refractivity contribution in [2.24, 2.45) is 7.05 Å². The fraction of sp³-hybridized carbons (Fsp3) is 0.500. The minimum atomic E-state index is -0.849. The number of urea groups is 1. The van der Waals surface area contributed by atoms with Gasteiger partial charge in [0, 0.05) is 26.3 Å². The third-order valence-corrected chi connectivity index (χ3v) is 3.84. The first-order valence-electron chi connectivity index (χ1n) is 6.41. The average Bonchev–Trinajstić information content (AvgIpc) is 2.95. The quantitative estimate of drug-likeness (QED) is 0.659. The Balaban J connectivity index is 1.68. The van der Waals surface area contributed by atoms with E-state index >= 15 is 0 Å². The van der Waals surface area contributed by atoms with Gasteiger partial charge in [-0.15, -0.1) is 0 Å². The number of aryl methyl sites for hydroxylation is 1. The maximum Gasteiger partial charge on any atom is 0.322 e. The predicted octanol–water partition coefficient (Wildman–Crippen LogP) is -0.766. The predicted molar refractivity (Wildman–Crippen MR) is 67.8 cm³/mol. The molecule has 0 saturated carbocycles. The number of nitrogens with one attached hydrogen (secondary N) is 2. The number of imidazole rings is 1. The molecule has 0 aromatic carbocycles. The number of aromatic nitrogens is 2. The molecule has 2 fully saturated rings. The van der Waals surface area contributed by atoms with Gasteiger partial charge in [-0.1, -0.05) is 0 Å². The number of imide groups is 1. The first-order valence-corrected chi connectivity index (χ1v) is 6.41. The number of carbonyl (C=O) groups excluding carboxylic acids is 3. The molecule has 0 atom stereocenters. The molecule has 0 aliphatic carbocycles. The Morgan fingerprint density at radius 1 is 1.35 bits per heavy atom. The molecule has 2 saturated heterocycles. The number of amides is 4. The molecule has 2 N–H and O–H groups in total. The number of hydrogen-bond acceptors (Lipinski definition) is 4. The van der Waals surface area contributed by atoms with Gasteiger partial charge in [-0.05, 0) is 12.8 Å². The lowest BCUT2D eigenvalue weighted by atomic mass is 9.87. The van der Waals surface area contributed by atoms with Crippen molar-refractivity contribution in [3.63, 3.8) is 0 Å². The van der Waals surface area contributed by atoms with Gasteiger partial charge < -0.3 is 14.8 Å². The summed E-state index contributed by atoms with van der Waals surface area (Å²) in [5.41, 5.74) is -0.457. The van der Waals surface area contributed by atoms with Crippen molar-refractivity contribution >= 4 is 17.8 Å². The van der Waals surface area contributed by atoms with Gasteiger partial charge in [0.2, 0.25) is 0 Å². The Kier molecular flexibility index (Phi) is 2.73. The van der Waals surface area contributed by atoms with Crippen molar-refractivity contribution in [2.45, 2.75) is 18.4 Å². The molecule has 0 unspecified atom stereocenters. The average molecular weight is 277 g/mol. The summed E-state index contributed by atoms with van der Waals surface area (Å²) in [6.45, 7) is 0.839. The Bertz CT molecular complexity index is 586. The number of piperidine rings is 1. The SMILES string of the molecule is Cn1cnc(C(=O)N2CCC3(CC2)NC(=O)NC3=O)c1. The van der Waals surface area contributed by atoms with Crippen LogP contribution < -0.4 is 10.6 Å². The summed E-state index contributed by atoms with van der Waals surface area (Å²) in [6.07, 6.45) is 4.08. The van der Waals surface area contributed by atoms with Crippen molar-refractivity contribution in [1.29, 1.82) is 0 Å². The van der Waals surface area contributed by atoms with Crippen LogP contribution in [0.3, 0.4) is 0 Å². The van der Waals surface area contributed by atoms with Gasteiger partial charge in [-0.3, -0.25) is 14.9 Å². The summed E-state index contributed by atoms with van der Waals surface area (Å²) >= 11 is 0. The van der Waals surface area contributed by atoms with E-state index in [0.29, 0.717) is 31.6 Å². The van der Waals surface area contributed by atoms with Crippen molar-refractivity contribution < 1.29 is 14.4 Å². The van der Waals surface area contributed by atoms with Crippen LogP contribution in [0.15, 0.2) is 12.5 Å². The Morgan fingerprint density at radius 2 is 2.05 bits per heavy atom. The Hall–Kier alpha value is -2.38. The second-order valence-electron chi connectivity index (χ2n) is 5.21. The van der Waals surface area contributed by atoms with Crippen molar-refractivity contribution in [3.05, 3.63) is 18.2 Å². The molecular weight excluding hydrogens is 262 g/mol. The molecule has 1 aromatic rings. The number of nitrogens with zero attached hydrogens (tertiary/aromatic N) is 3. The van der Waals surface area contributed by atoms with Gasteiger partial charge in [0.15, 0.2) is 0 Å². The van der Waals surface area contributed by atoms with E-state index in [1.165, 1.54) is 0 Å². The number of likely N-dealkylation sites (tertiary alicyclic amines) is 1. The standard InChI is InChI=1S/C12H15N5O3/c1-16-6-8(13-7-16)9(18)17-4-2-12(3-5-17)10(19)14-11(20)15-12/h6-7H,2-5H2,1H3,(H2,14,15,19,20). The third kappa shape index (κ3) is 1.93. The highest BCUT2D eigenvalue weighted by molar-refractivity contribution is 6.07. The Labute approximate surface area is 115 Å². The van der Waals surface area contributed by atoms with E-state index in [0.717, 1.165) is 0 Å². The van der Waals surface area contributed by atoms with Gasteiger partial charge in [-0.25, -0.2) is 9.78 Å². The van der Waals surface area contributed by atoms with Crippen LogP contribution in [0.2, 0.25) is 0 Å². The third-order valence-electron chi connectivity index (χ3n) is 3.84. The molecule has 1 aromatic heterocycles. The highest BCUT2D eigenvalue weighted by atomic mass is 16.2. The van der Waals surface area contributed by atoms with Crippen molar-refractivity contribution in [1.82, 2.24) is 25.1 Å². The van der Waals surface area contributed by atoms with E-state index in [1.54, 1.807) is 29.0 Å². The van der Waals surface area contributed by atoms with Crippen LogP contribution in [0.25, 0.3) is 0 Å². The second-order valence-corrected chi connectivity index (χ2v) is 5.21. The highest BCUT2D eigenvalue weighted by Gasteiger charge is 2.48. The van der Waals surface area contributed by atoms with E-state index in [4.69, 9.17) is 0 Å². The zero-order valence-electron chi connectivity index (χ0n) is 11.0. The minimum absolute atomic E-state index is 0.148. The molecule has 2 aliphatic rings. The molecule has 3 rings (SSSR count). The molecule has 0 radical (unpaired) electrons. The lowest BCUT2D eigenvalue weighted by molar-refractivity contribution is -0.125. The largest absolute Gasteiger partial charge is 0.340 e. The first kappa shape index (κ1) is 12.6. The lowest BCUT2D eigenvalue weighted by Crippen LogP contribution is -2.55. The van der Waals surface area contributed by atoms with Gasteiger partial charge >= 0.3 is 6.03 Å². The number of carbonyl (C=O) groups is 3. The monoisotopic (exact) mass is 277 g/mol. The summed E-state index contributed by atoms with van der Waals surface area (Å²) in [7, 11) is 1.80. The zero-order valence-corrected chi connectivity index (χ0v) is 11.0. The van der Waals surface area contributed by atoms with Crippen LogP contribution >= 0.6 is 0 Å². The molecular formula is C12H15N5O3. The smallest absolute Gasteiger partial charge is 0.322 e. The summed E-state index contributed by atoms with van der Waals surface area (Å²) < 4.78 is 1.71. The van der Waals surface area contributed by atoms with Crippen molar-refractivity contribution in [3.8, 4) is 0 Å². The molecule has 4 amide bonds. The topological polar surface area (TPSA) is 96.3 Å². The van der Waals surface area contributed by atoms with Crippen LogP contribution in [-0.4, -0.2) is 50.9 Å². The van der Waals surface area contributed by atoms with Crippen LogP contribution in [0.1, 0.15) is 23.3 Å². The zero-order chi connectivity index (χ0) is 14.3. The normalized spacial score (nSPS) is 20.9. The number of hydrogen-bond donors (Lipinski definition) is 2. The summed E-state index contributed by atoms with van der Waals surface area (Å²) in [5, 5.41) is 4.91. The van der Waals surface area contributed by atoms with Gasteiger partial charge in [-0.2, -0.15) is 0 Å². The maximum atomic E-state index is 12.2. The van der Waals surface area contributed by atoms with E-state index < -0.39 is 11.6 Å². The fourth-order valence-corrected chi connectivity index (χ4v) is 2.66. The molecule has 3 heterocycles. The number of rotatable bonds is 1. The second kappa shape index (κ2) is 4.32. The van der Waals surface area contributed by atoms with Crippen LogP contribution in [0, 0.1) is 0 Å². The first-order chi connectivity index (χ1) is 9.50. The molecule has 20 heavy (non-hydrogen) atoms. The molecule has 8 heteroatoms. The summed E-state index contributed by atoms with van der Waals surface area (Å²) in [6, 6.07) is -0.459. The minimum Gasteiger partial charge on any atom is -0.340 e. The summed E-state index contributed by atoms with van der Waals surface area (Å²) in [4.78, 5) is 40.9. The van der Waals surface area contributed by atoms with Crippen LogP contribution in [0.4, 0.5) is 4.79 Å². The van der Waals surface area contributed by atoms with E-state index in [-0.39, 0.29) is 11.8 Å². The van der Waals surface area contributed by atoms with E-state index in [9.17, 15) is 14.4 Å². The molecule has 8 nitrogen and oxygen atoms in total.